The summed E-state index contributed by atoms with van der Waals surface area (Å²) in [4.78, 5) is 24.8. The van der Waals surface area contributed by atoms with Crippen LogP contribution in [-0.4, -0.2) is 28.2 Å². The van der Waals surface area contributed by atoms with Gasteiger partial charge in [0, 0.05) is 13.0 Å². The van der Waals surface area contributed by atoms with Gasteiger partial charge in [0.25, 0.3) is 0 Å². The van der Waals surface area contributed by atoms with Crippen LogP contribution in [0.3, 0.4) is 0 Å². The normalized spacial score (nSPS) is 11.9. The zero-order valence-electron chi connectivity index (χ0n) is 16.7. The molecule has 1 atom stereocenters. The van der Waals surface area contributed by atoms with Crippen LogP contribution in [0.1, 0.15) is 50.6 Å². The van der Waals surface area contributed by atoms with Gasteiger partial charge in [0.2, 0.25) is 11.0 Å². The van der Waals surface area contributed by atoms with E-state index in [0.29, 0.717) is 11.7 Å². The lowest BCUT2D eigenvalue weighted by molar-refractivity contribution is -0.118. The number of aryl methyl sites for hydroxylation is 1. The number of unbranched alkanes of at least 4 members (excludes halogenated alkanes) is 2. The number of rotatable bonds is 10. The van der Waals surface area contributed by atoms with E-state index in [-0.39, 0.29) is 17.9 Å². The lowest BCUT2D eigenvalue weighted by atomic mass is 10.0. The Hall–Kier alpha value is -2.48. The molecule has 0 saturated carbocycles. The van der Waals surface area contributed by atoms with Gasteiger partial charge in [0.05, 0.1) is 0 Å². The fourth-order valence-corrected chi connectivity index (χ4v) is 3.40. The minimum absolute atomic E-state index is 0.0700. The van der Waals surface area contributed by atoms with Crippen molar-refractivity contribution in [1.29, 1.82) is 0 Å². The quantitative estimate of drug-likeness (QED) is 0.527. The zero-order valence-corrected chi connectivity index (χ0v) is 17.5. The lowest BCUT2D eigenvalue weighted by Crippen LogP contribution is -2.50. The van der Waals surface area contributed by atoms with Gasteiger partial charge >= 0.3 is 6.03 Å². The maximum absolute atomic E-state index is 12.6. The highest BCUT2D eigenvalue weighted by Crippen LogP contribution is 2.18. The van der Waals surface area contributed by atoms with E-state index in [1.807, 2.05) is 44.2 Å². The molecule has 8 heteroatoms. The molecule has 0 aliphatic heterocycles. The molecule has 1 heterocycles. The number of anilines is 1. The third-order valence-corrected chi connectivity index (χ3v) is 5.12. The van der Waals surface area contributed by atoms with Gasteiger partial charge < -0.3 is 10.6 Å². The summed E-state index contributed by atoms with van der Waals surface area (Å²) in [6.45, 7) is 6.33. The Bertz CT molecular complexity index is 748. The number of nitrogens with one attached hydrogen (secondary N) is 3. The second-order valence-electron chi connectivity index (χ2n) is 6.98. The predicted molar refractivity (Wildman–Crippen MR) is 112 cm³/mol. The van der Waals surface area contributed by atoms with Crippen LogP contribution in [0.4, 0.5) is 9.93 Å². The standard InChI is InChI=1S/C20H29N5O2S/c1-4-5-7-12-16-24-25-20(28-16)23-18(26)17(14(2)3)22-19(27)21-13-15-10-8-6-9-11-15/h6,8-11,14,17H,4-5,7,12-13H2,1-3H3,(H2,21,22,27)(H,23,25,26). The molecule has 1 aromatic heterocycles. The van der Waals surface area contributed by atoms with Crippen LogP contribution < -0.4 is 16.0 Å². The Morgan fingerprint density at radius 1 is 1.11 bits per heavy atom. The molecule has 0 aliphatic carbocycles. The van der Waals surface area contributed by atoms with Gasteiger partial charge in [-0.1, -0.05) is 75.3 Å². The topological polar surface area (TPSA) is 96.0 Å². The summed E-state index contributed by atoms with van der Waals surface area (Å²) in [5.41, 5.74) is 0.993. The Balaban J connectivity index is 1.86. The first-order valence-corrected chi connectivity index (χ1v) is 10.5. The van der Waals surface area contributed by atoms with Crippen molar-refractivity contribution < 1.29 is 9.59 Å². The molecule has 7 nitrogen and oxygen atoms in total. The molecule has 28 heavy (non-hydrogen) atoms. The number of hydrogen-bond donors (Lipinski definition) is 3. The Morgan fingerprint density at radius 3 is 2.54 bits per heavy atom. The number of amides is 3. The van der Waals surface area contributed by atoms with Crippen molar-refractivity contribution in [2.45, 2.75) is 59.0 Å². The summed E-state index contributed by atoms with van der Waals surface area (Å²) in [6, 6.07) is 8.57. The molecule has 0 aliphatic rings. The van der Waals surface area contributed by atoms with Crippen LogP contribution in [0.2, 0.25) is 0 Å². The number of benzene rings is 1. The summed E-state index contributed by atoms with van der Waals surface area (Å²) in [7, 11) is 0. The minimum Gasteiger partial charge on any atom is -0.334 e. The number of hydrogen-bond acceptors (Lipinski definition) is 5. The van der Waals surface area contributed by atoms with Crippen LogP contribution in [0, 0.1) is 5.92 Å². The Labute approximate surface area is 170 Å². The molecular formula is C20H29N5O2S. The van der Waals surface area contributed by atoms with Gasteiger partial charge in [0.15, 0.2) is 0 Å². The second-order valence-corrected chi connectivity index (χ2v) is 8.04. The third-order valence-electron chi connectivity index (χ3n) is 4.22. The van der Waals surface area contributed by atoms with Crippen molar-refractivity contribution in [3.8, 4) is 0 Å². The van der Waals surface area contributed by atoms with Crippen molar-refractivity contribution in [3.63, 3.8) is 0 Å². The molecule has 3 amide bonds. The molecule has 2 aromatic rings. The van der Waals surface area contributed by atoms with E-state index in [1.54, 1.807) is 0 Å². The van der Waals surface area contributed by atoms with E-state index in [1.165, 1.54) is 11.3 Å². The number of carbonyl (C=O) groups is 2. The second kappa shape index (κ2) is 11.4. The van der Waals surface area contributed by atoms with E-state index in [2.05, 4.69) is 33.1 Å². The first-order valence-electron chi connectivity index (χ1n) is 9.71. The molecule has 1 unspecified atom stereocenters. The van der Waals surface area contributed by atoms with E-state index in [9.17, 15) is 9.59 Å². The monoisotopic (exact) mass is 403 g/mol. The molecule has 0 spiro atoms. The van der Waals surface area contributed by atoms with Crippen LogP contribution >= 0.6 is 11.3 Å². The summed E-state index contributed by atoms with van der Waals surface area (Å²) in [5, 5.41) is 17.9. The highest BCUT2D eigenvalue weighted by atomic mass is 32.1. The van der Waals surface area contributed by atoms with Gasteiger partial charge in [-0.05, 0) is 17.9 Å². The largest absolute Gasteiger partial charge is 0.334 e. The van der Waals surface area contributed by atoms with Crippen molar-refractivity contribution in [2.24, 2.45) is 5.92 Å². The van der Waals surface area contributed by atoms with Gasteiger partial charge in [-0.25, -0.2) is 4.79 Å². The van der Waals surface area contributed by atoms with Crippen LogP contribution in [0.5, 0.6) is 0 Å². The smallest absolute Gasteiger partial charge is 0.315 e. The first-order chi connectivity index (χ1) is 13.5. The highest BCUT2D eigenvalue weighted by molar-refractivity contribution is 7.15. The van der Waals surface area contributed by atoms with E-state index < -0.39 is 6.04 Å². The SMILES string of the molecule is CCCCCc1nnc(NC(=O)C(NC(=O)NCc2ccccc2)C(C)C)s1. The molecule has 0 fully saturated rings. The highest BCUT2D eigenvalue weighted by Gasteiger charge is 2.25. The van der Waals surface area contributed by atoms with E-state index >= 15 is 0 Å². The molecule has 2 rings (SSSR count). The Morgan fingerprint density at radius 2 is 1.86 bits per heavy atom. The van der Waals surface area contributed by atoms with Gasteiger partial charge in [-0.3, -0.25) is 10.1 Å². The van der Waals surface area contributed by atoms with Crippen LogP contribution in [0.15, 0.2) is 30.3 Å². The molecule has 1 aromatic carbocycles. The first kappa shape index (κ1) is 21.8. The predicted octanol–water partition coefficient (Wildman–Crippen LogP) is 3.73. The fourth-order valence-electron chi connectivity index (χ4n) is 2.62. The third kappa shape index (κ3) is 7.26. The minimum atomic E-state index is -0.664. The lowest BCUT2D eigenvalue weighted by Gasteiger charge is -2.21. The molecule has 0 saturated heterocycles. The van der Waals surface area contributed by atoms with Crippen molar-refractivity contribution in [3.05, 3.63) is 40.9 Å². The maximum atomic E-state index is 12.6. The van der Waals surface area contributed by atoms with Crippen molar-refractivity contribution in [2.75, 3.05) is 5.32 Å². The van der Waals surface area contributed by atoms with Crippen molar-refractivity contribution >= 4 is 28.4 Å². The van der Waals surface area contributed by atoms with E-state index in [4.69, 9.17) is 0 Å². The molecule has 0 radical (unpaired) electrons. The Kier molecular flexibility index (Phi) is 8.87. The average Bonchev–Trinajstić information content (AvgIpc) is 3.12. The number of aromatic nitrogens is 2. The summed E-state index contributed by atoms with van der Waals surface area (Å²) >= 11 is 1.38. The molecule has 0 bridgehead atoms. The van der Waals surface area contributed by atoms with Crippen LogP contribution in [-0.2, 0) is 17.8 Å². The van der Waals surface area contributed by atoms with E-state index in [0.717, 1.165) is 36.3 Å². The molecule has 3 N–H and O–H groups in total. The molecular weight excluding hydrogens is 374 g/mol. The number of carbonyl (C=O) groups excluding carboxylic acids is 2. The molecule has 152 valence electrons. The van der Waals surface area contributed by atoms with Crippen molar-refractivity contribution in [1.82, 2.24) is 20.8 Å². The maximum Gasteiger partial charge on any atom is 0.315 e. The number of nitrogens with zero attached hydrogens (tertiary/aromatic N) is 2. The van der Waals surface area contributed by atoms with Gasteiger partial charge in [-0.2, -0.15) is 0 Å². The fraction of sp³-hybridized carbons (Fsp3) is 0.500. The van der Waals surface area contributed by atoms with Gasteiger partial charge in [0.1, 0.15) is 11.0 Å². The average molecular weight is 404 g/mol. The van der Waals surface area contributed by atoms with Crippen LogP contribution in [0.25, 0.3) is 0 Å². The summed E-state index contributed by atoms with van der Waals surface area (Å²) < 4.78 is 0. The number of urea groups is 1. The zero-order chi connectivity index (χ0) is 20.4. The van der Waals surface area contributed by atoms with Gasteiger partial charge in [-0.15, -0.1) is 10.2 Å². The summed E-state index contributed by atoms with van der Waals surface area (Å²) in [6.07, 6.45) is 4.24. The summed E-state index contributed by atoms with van der Waals surface area (Å²) in [5.74, 6) is -0.361.